The maximum absolute atomic E-state index is 12.1. The summed E-state index contributed by atoms with van der Waals surface area (Å²) in [6.07, 6.45) is 4.16. The number of rotatable bonds is 5. The molecule has 2 fully saturated rings. The fraction of sp³-hybridized carbons (Fsp3) is 0.938. The minimum absolute atomic E-state index is 0.0389. The minimum Gasteiger partial charge on any atom is -0.462 e. The molecule has 0 heterocycles. The van der Waals surface area contributed by atoms with Gasteiger partial charge in [-0.3, -0.25) is 4.79 Å². The van der Waals surface area contributed by atoms with E-state index in [0.29, 0.717) is 11.8 Å². The van der Waals surface area contributed by atoms with Gasteiger partial charge in [-0.2, -0.15) is 0 Å². The van der Waals surface area contributed by atoms with Gasteiger partial charge in [0.2, 0.25) is 0 Å². The maximum atomic E-state index is 12.1. The lowest BCUT2D eigenvalue weighted by Crippen LogP contribution is -2.39. The van der Waals surface area contributed by atoms with Crippen LogP contribution in [-0.2, 0) is 9.53 Å². The summed E-state index contributed by atoms with van der Waals surface area (Å²) in [6, 6.07) is 0.205. The zero-order valence-electron chi connectivity index (χ0n) is 13.1. The second kappa shape index (κ2) is 5.08. The molecule has 2 bridgehead atoms. The second-order valence-electron chi connectivity index (χ2n) is 7.25. The lowest BCUT2D eigenvalue weighted by Gasteiger charge is -2.38. The SMILES string of the molecule is CCNC(C)CC(=O)OC1CC2CCC1(C)C2(C)C. The van der Waals surface area contributed by atoms with Gasteiger partial charge in [-0.25, -0.2) is 0 Å². The van der Waals surface area contributed by atoms with E-state index in [4.69, 9.17) is 4.74 Å². The number of fused-ring (bicyclic) bond motifs is 2. The highest BCUT2D eigenvalue weighted by atomic mass is 16.5. The fourth-order valence-electron chi connectivity index (χ4n) is 4.19. The van der Waals surface area contributed by atoms with Gasteiger partial charge < -0.3 is 10.1 Å². The lowest BCUT2D eigenvalue weighted by atomic mass is 9.70. The number of hydrogen-bond acceptors (Lipinski definition) is 3. The Bertz CT molecular complexity index is 353. The van der Waals surface area contributed by atoms with Gasteiger partial charge in [0.1, 0.15) is 6.10 Å². The van der Waals surface area contributed by atoms with E-state index in [1.807, 2.05) is 6.92 Å². The Morgan fingerprint density at radius 1 is 1.42 bits per heavy atom. The van der Waals surface area contributed by atoms with Gasteiger partial charge in [0.05, 0.1) is 6.42 Å². The van der Waals surface area contributed by atoms with Gasteiger partial charge in [0.25, 0.3) is 0 Å². The van der Waals surface area contributed by atoms with Crippen LogP contribution in [0.4, 0.5) is 0 Å². The van der Waals surface area contributed by atoms with E-state index in [1.54, 1.807) is 0 Å². The molecule has 0 saturated heterocycles. The zero-order valence-corrected chi connectivity index (χ0v) is 13.1. The van der Waals surface area contributed by atoms with E-state index >= 15 is 0 Å². The molecule has 0 aromatic heterocycles. The predicted octanol–water partition coefficient (Wildman–Crippen LogP) is 3.13. The molecule has 4 atom stereocenters. The van der Waals surface area contributed by atoms with Crippen LogP contribution in [0.15, 0.2) is 0 Å². The van der Waals surface area contributed by atoms with E-state index in [1.165, 1.54) is 12.8 Å². The molecule has 2 aliphatic rings. The van der Waals surface area contributed by atoms with E-state index in [9.17, 15) is 4.79 Å². The van der Waals surface area contributed by atoms with Crippen molar-refractivity contribution in [2.75, 3.05) is 6.54 Å². The van der Waals surface area contributed by atoms with E-state index in [2.05, 4.69) is 33.0 Å². The molecule has 3 nitrogen and oxygen atoms in total. The summed E-state index contributed by atoms with van der Waals surface area (Å²) in [5.41, 5.74) is 0.486. The molecule has 4 unspecified atom stereocenters. The predicted molar refractivity (Wildman–Crippen MR) is 76.9 cm³/mol. The highest BCUT2D eigenvalue weighted by Crippen LogP contribution is 2.66. The van der Waals surface area contributed by atoms with E-state index < -0.39 is 0 Å². The van der Waals surface area contributed by atoms with Gasteiger partial charge >= 0.3 is 5.97 Å². The molecule has 0 spiro atoms. The zero-order chi connectivity index (χ0) is 14.3. The van der Waals surface area contributed by atoms with Crippen molar-refractivity contribution >= 4 is 5.97 Å². The molecule has 19 heavy (non-hydrogen) atoms. The van der Waals surface area contributed by atoms with Gasteiger partial charge in [-0.15, -0.1) is 0 Å². The molecule has 0 aromatic carbocycles. The van der Waals surface area contributed by atoms with Crippen molar-refractivity contribution in [1.82, 2.24) is 5.32 Å². The van der Waals surface area contributed by atoms with Crippen LogP contribution >= 0.6 is 0 Å². The average molecular weight is 267 g/mol. The monoisotopic (exact) mass is 267 g/mol. The van der Waals surface area contributed by atoms with Crippen molar-refractivity contribution in [1.29, 1.82) is 0 Å². The van der Waals surface area contributed by atoms with Crippen LogP contribution in [0, 0.1) is 16.7 Å². The molecule has 2 aliphatic carbocycles. The smallest absolute Gasteiger partial charge is 0.307 e. The summed E-state index contributed by atoms with van der Waals surface area (Å²) in [7, 11) is 0. The quantitative estimate of drug-likeness (QED) is 0.778. The highest BCUT2D eigenvalue weighted by Gasteiger charge is 2.62. The van der Waals surface area contributed by atoms with Crippen LogP contribution in [0.5, 0.6) is 0 Å². The first-order valence-electron chi connectivity index (χ1n) is 7.74. The molecular formula is C16H29NO2. The Labute approximate surface area is 117 Å². The standard InChI is InChI=1S/C16H29NO2/c1-6-17-11(2)9-14(18)19-13-10-12-7-8-16(13,5)15(12,3)4/h11-13,17H,6-10H2,1-5H3. The highest BCUT2D eigenvalue weighted by molar-refractivity contribution is 5.70. The van der Waals surface area contributed by atoms with Crippen molar-refractivity contribution in [3.8, 4) is 0 Å². The molecule has 2 rings (SSSR count). The van der Waals surface area contributed by atoms with Gasteiger partial charge in [0, 0.05) is 11.5 Å². The summed E-state index contributed by atoms with van der Waals surface area (Å²) in [6.45, 7) is 12.0. The fourth-order valence-corrected chi connectivity index (χ4v) is 4.19. The average Bonchev–Trinajstić information content (AvgIpc) is 2.62. The van der Waals surface area contributed by atoms with Crippen LogP contribution < -0.4 is 5.32 Å². The Balaban J connectivity index is 1.93. The van der Waals surface area contributed by atoms with Crippen molar-refractivity contribution in [2.45, 2.75) is 72.4 Å². The number of ether oxygens (including phenoxy) is 1. The van der Waals surface area contributed by atoms with Gasteiger partial charge in [-0.05, 0) is 44.1 Å². The molecule has 2 saturated carbocycles. The molecule has 0 aromatic rings. The number of carbonyl (C=O) groups excluding carboxylic acids is 1. The van der Waals surface area contributed by atoms with E-state index in [-0.39, 0.29) is 23.5 Å². The second-order valence-corrected chi connectivity index (χ2v) is 7.25. The summed E-state index contributed by atoms with van der Waals surface area (Å²) in [4.78, 5) is 12.1. The van der Waals surface area contributed by atoms with Crippen LogP contribution in [-0.4, -0.2) is 24.7 Å². The third kappa shape index (κ3) is 2.42. The van der Waals surface area contributed by atoms with Crippen LogP contribution in [0.1, 0.15) is 60.3 Å². The summed E-state index contributed by atoms with van der Waals surface area (Å²) in [5.74, 6) is 0.685. The number of hydrogen-bond donors (Lipinski definition) is 1. The Kier molecular flexibility index (Phi) is 3.97. The van der Waals surface area contributed by atoms with Crippen LogP contribution in [0.3, 0.4) is 0 Å². The van der Waals surface area contributed by atoms with Crippen molar-refractivity contribution in [3.63, 3.8) is 0 Å². The summed E-state index contributed by atoms with van der Waals surface area (Å²) in [5, 5.41) is 3.26. The van der Waals surface area contributed by atoms with Crippen molar-refractivity contribution in [2.24, 2.45) is 16.7 Å². The largest absolute Gasteiger partial charge is 0.462 e. The summed E-state index contributed by atoms with van der Waals surface area (Å²) < 4.78 is 5.82. The Morgan fingerprint density at radius 2 is 2.11 bits per heavy atom. The van der Waals surface area contributed by atoms with Gasteiger partial charge in [-0.1, -0.05) is 27.7 Å². The molecule has 110 valence electrons. The molecule has 0 radical (unpaired) electrons. The first-order valence-corrected chi connectivity index (χ1v) is 7.74. The van der Waals surface area contributed by atoms with Crippen LogP contribution in [0.25, 0.3) is 0 Å². The first-order chi connectivity index (χ1) is 8.81. The third-order valence-electron chi connectivity index (χ3n) is 6.01. The Morgan fingerprint density at radius 3 is 2.58 bits per heavy atom. The number of carbonyl (C=O) groups is 1. The van der Waals surface area contributed by atoms with Crippen LogP contribution in [0.2, 0.25) is 0 Å². The van der Waals surface area contributed by atoms with E-state index in [0.717, 1.165) is 18.9 Å². The van der Waals surface area contributed by atoms with Gasteiger partial charge in [0.15, 0.2) is 0 Å². The molecule has 0 aliphatic heterocycles. The molecule has 1 N–H and O–H groups in total. The normalized spacial score (nSPS) is 37.3. The summed E-state index contributed by atoms with van der Waals surface area (Å²) >= 11 is 0. The van der Waals surface area contributed by atoms with Crippen molar-refractivity contribution in [3.05, 3.63) is 0 Å². The molecule has 0 amide bonds. The Hall–Kier alpha value is -0.570. The van der Waals surface area contributed by atoms with Crippen molar-refractivity contribution < 1.29 is 9.53 Å². The topological polar surface area (TPSA) is 38.3 Å². The number of nitrogens with one attached hydrogen (secondary N) is 1. The maximum Gasteiger partial charge on any atom is 0.307 e. The first kappa shape index (κ1) is 14.8. The lowest BCUT2D eigenvalue weighted by molar-refractivity contribution is -0.157. The minimum atomic E-state index is -0.0389. The molecule has 3 heteroatoms. The number of esters is 1. The third-order valence-corrected chi connectivity index (χ3v) is 6.01. The molecular weight excluding hydrogens is 238 g/mol.